The van der Waals surface area contributed by atoms with Gasteiger partial charge < -0.3 is 15.3 Å². The average Bonchev–Trinajstić information content (AvgIpc) is 3.18. The molecule has 1 fully saturated rings. The number of piperazine rings is 1. The highest BCUT2D eigenvalue weighted by Crippen LogP contribution is 2.26. The standard InChI is InChI=1S/C16H19N3OS.C2HF3O2/c1-2-13-11-19(9-8-17-13)16(20)14-10-18-15(21-14)12-6-4-3-5-7-12;3-2(4,5)1(6)7/h3-7,10,13,17H,2,8-9,11H2,1H3;(H,6,7)/t13-;/m0./s1. The lowest BCUT2D eigenvalue weighted by Gasteiger charge is -2.32. The highest BCUT2D eigenvalue weighted by molar-refractivity contribution is 7.16. The molecule has 28 heavy (non-hydrogen) atoms. The third-order valence-corrected chi connectivity index (χ3v) is 5.05. The number of carboxylic acids is 1. The van der Waals surface area contributed by atoms with Gasteiger partial charge in [0.25, 0.3) is 5.91 Å². The molecule has 1 aliphatic heterocycles. The van der Waals surface area contributed by atoms with Crippen LogP contribution in [0.15, 0.2) is 36.5 Å². The number of amides is 1. The molecule has 0 saturated carbocycles. The molecule has 2 heterocycles. The van der Waals surface area contributed by atoms with Crippen molar-refractivity contribution in [1.82, 2.24) is 15.2 Å². The normalized spacial score (nSPS) is 16.9. The van der Waals surface area contributed by atoms with E-state index in [9.17, 15) is 18.0 Å². The summed E-state index contributed by atoms with van der Waals surface area (Å²) in [5.74, 6) is -2.65. The molecule has 0 bridgehead atoms. The molecule has 3 rings (SSSR count). The van der Waals surface area contributed by atoms with Gasteiger partial charge in [-0.05, 0) is 6.42 Å². The number of carboxylic acid groups (broad SMARTS) is 1. The quantitative estimate of drug-likeness (QED) is 0.804. The molecule has 152 valence electrons. The van der Waals surface area contributed by atoms with E-state index in [4.69, 9.17) is 9.90 Å². The summed E-state index contributed by atoms with van der Waals surface area (Å²) < 4.78 is 31.7. The minimum atomic E-state index is -5.08. The first-order valence-electron chi connectivity index (χ1n) is 8.56. The molecular formula is C18H20F3N3O3S. The van der Waals surface area contributed by atoms with Gasteiger partial charge in [-0.15, -0.1) is 11.3 Å². The molecule has 0 unspecified atom stereocenters. The second-order valence-corrected chi connectivity index (χ2v) is 7.04. The third kappa shape index (κ3) is 6.03. The van der Waals surface area contributed by atoms with Crippen molar-refractivity contribution in [3.05, 3.63) is 41.4 Å². The molecular weight excluding hydrogens is 395 g/mol. The van der Waals surface area contributed by atoms with Crippen molar-refractivity contribution >= 4 is 23.2 Å². The van der Waals surface area contributed by atoms with Gasteiger partial charge in [0.15, 0.2) is 0 Å². The van der Waals surface area contributed by atoms with Gasteiger partial charge in [-0.3, -0.25) is 4.79 Å². The molecule has 0 aliphatic carbocycles. The number of thiazole rings is 1. The van der Waals surface area contributed by atoms with E-state index in [1.165, 1.54) is 11.3 Å². The van der Waals surface area contributed by atoms with Gasteiger partial charge in [0, 0.05) is 31.2 Å². The van der Waals surface area contributed by atoms with Crippen molar-refractivity contribution in [2.75, 3.05) is 19.6 Å². The Kier molecular flexibility index (Phi) is 7.53. The molecule has 10 heteroatoms. The fraction of sp³-hybridized carbons (Fsp3) is 0.389. The Morgan fingerprint density at radius 2 is 1.96 bits per heavy atom. The maximum absolute atomic E-state index is 12.6. The lowest BCUT2D eigenvalue weighted by Crippen LogP contribution is -2.52. The van der Waals surface area contributed by atoms with Gasteiger partial charge in [0.05, 0.1) is 6.20 Å². The van der Waals surface area contributed by atoms with Gasteiger partial charge >= 0.3 is 12.1 Å². The van der Waals surface area contributed by atoms with E-state index < -0.39 is 12.1 Å². The van der Waals surface area contributed by atoms with Gasteiger partial charge in [0.1, 0.15) is 9.88 Å². The van der Waals surface area contributed by atoms with Crippen LogP contribution in [0, 0.1) is 0 Å². The summed E-state index contributed by atoms with van der Waals surface area (Å²) in [6, 6.07) is 10.4. The van der Waals surface area contributed by atoms with Crippen molar-refractivity contribution in [2.24, 2.45) is 0 Å². The number of nitrogens with zero attached hydrogens (tertiary/aromatic N) is 2. The lowest BCUT2D eigenvalue weighted by molar-refractivity contribution is -0.192. The topological polar surface area (TPSA) is 82.5 Å². The van der Waals surface area contributed by atoms with Crippen molar-refractivity contribution in [1.29, 1.82) is 0 Å². The summed E-state index contributed by atoms with van der Waals surface area (Å²) in [6.07, 6.45) is -2.33. The lowest BCUT2D eigenvalue weighted by atomic mass is 10.1. The Morgan fingerprint density at radius 3 is 2.54 bits per heavy atom. The van der Waals surface area contributed by atoms with Crippen LogP contribution in [0.4, 0.5) is 13.2 Å². The number of aliphatic carboxylic acids is 1. The number of hydrogen-bond acceptors (Lipinski definition) is 5. The first-order valence-corrected chi connectivity index (χ1v) is 9.38. The number of alkyl halides is 3. The third-order valence-electron chi connectivity index (χ3n) is 4.02. The van der Waals surface area contributed by atoms with E-state index in [1.807, 2.05) is 35.2 Å². The molecule has 1 aromatic heterocycles. The first kappa shape index (κ1) is 21.8. The number of carbonyl (C=O) groups excluding carboxylic acids is 1. The number of rotatable bonds is 3. The summed E-state index contributed by atoms with van der Waals surface area (Å²) in [6.45, 7) is 4.57. The molecule has 1 amide bonds. The average molecular weight is 415 g/mol. The Hall–Kier alpha value is -2.46. The Bertz CT molecular complexity index is 796. The molecule has 0 spiro atoms. The maximum Gasteiger partial charge on any atom is 0.490 e. The monoisotopic (exact) mass is 415 g/mol. The maximum atomic E-state index is 12.6. The zero-order valence-electron chi connectivity index (χ0n) is 15.1. The van der Waals surface area contributed by atoms with Crippen LogP contribution >= 0.6 is 11.3 Å². The Labute approximate surface area is 164 Å². The fourth-order valence-electron chi connectivity index (χ4n) is 2.53. The Morgan fingerprint density at radius 1 is 1.32 bits per heavy atom. The van der Waals surface area contributed by atoms with Crippen LogP contribution in [0.25, 0.3) is 10.6 Å². The molecule has 2 aromatic rings. The Balaban J connectivity index is 0.000000345. The van der Waals surface area contributed by atoms with E-state index in [1.54, 1.807) is 6.20 Å². The molecule has 0 radical (unpaired) electrons. The zero-order valence-corrected chi connectivity index (χ0v) is 15.9. The van der Waals surface area contributed by atoms with Gasteiger partial charge in [-0.25, -0.2) is 9.78 Å². The van der Waals surface area contributed by atoms with E-state index in [-0.39, 0.29) is 5.91 Å². The zero-order chi connectivity index (χ0) is 20.7. The first-order chi connectivity index (χ1) is 13.2. The molecule has 2 N–H and O–H groups in total. The number of halogens is 3. The van der Waals surface area contributed by atoms with Gasteiger partial charge in [-0.1, -0.05) is 37.3 Å². The summed E-state index contributed by atoms with van der Waals surface area (Å²) in [7, 11) is 0. The number of benzene rings is 1. The van der Waals surface area contributed by atoms with Crippen LogP contribution < -0.4 is 5.32 Å². The van der Waals surface area contributed by atoms with E-state index in [0.29, 0.717) is 6.04 Å². The number of nitrogens with one attached hydrogen (secondary N) is 1. The fourth-order valence-corrected chi connectivity index (χ4v) is 3.42. The summed E-state index contributed by atoms with van der Waals surface area (Å²) in [5.41, 5.74) is 1.06. The molecule has 1 aliphatic rings. The van der Waals surface area contributed by atoms with Crippen molar-refractivity contribution in [3.8, 4) is 10.6 Å². The van der Waals surface area contributed by atoms with Crippen LogP contribution in [0.1, 0.15) is 23.0 Å². The highest BCUT2D eigenvalue weighted by Gasteiger charge is 2.38. The molecule has 1 aromatic carbocycles. The summed E-state index contributed by atoms with van der Waals surface area (Å²) in [5, 5.41) is 11.5. The predicted molar refractivity (Wildman–Crippen MR) is 99.2 cm³/mol. The van der Waals surface area contributed by atoms with Crippen LogP contribution in [0.5, 0.6) is 0 Å². The smallest absolute Gasteiger partial charge is 0.475 e. The van der Waals surface area contributed by atoms with Crippen molar-refractivity contribution < 1.29 is 27.9 Å². The summed E-state index contributed by atoms with van der Waals surface area (Å²) in [4.78, 5) is 28.5. The minimum Gasteiger partial charge on any atom is -0.475 e. The van der Waals surface area contributed by atoms with Crippen molar-refractivity contribution in [3.63, 3.8) is 0 Å². The van der Waals surface area contributed by atoms with E-state index in [2.05, 4.69) is 17.2 Å². The molecule has 1 atom stereocenters. The minimum absolute atomic E-state index is 0.106. The second-order valence-electron chi connectivity index (χ2n) is 6.01. The SMILES string of the molecule is CC[C@H]1CN(C(=O)c2cnc(-c3ccccc3)s2)CCN1.O=C(O)C(F)(F)F. The number of aromatic nitrogens is 1. The van der Waals surface area contributed by atoms with Crippen LogP contribution in [0.3, 0.4) is 0 Å². The number of carbonyl (C=O) groups is 2. The van der Waals surface area contributed by atoms with Gasteiger partial charge in [-0.2, -0.15) is 13.2 Å². The second kappa shape index (κ2) is 9.65. The number of hydrogen-bond donors (Lipinski definition) is 2. The predicted octanol–water partition coefficient (Wildman–Crippen LogP) is 3.27. The molecule has 1 saturated heterocycles. The van der Waals surface area contributed by atoms with E-state index >= 15 is 0 Å². The van der Waals surface area contributed by atoms with Crippen molar-refractivity contribution in [2.45, 2.75) is 25.6 Å². The van der Waals surface area contributed by atoms with Crippen LogP contribution in [0.2, 0.25) is 0 Å². The largest absolute Gasteiger partial charge is 0.490 e. The van der Waals surface area contributed by atoms with E-state index in [0.717, 1.165) is 41.5 Å². The summed E-state index contributed by atoms with van der Waals surface area (Å²) >= 11 is 1.47. The van der Waals surface area contributed by atoms with Crippen LogP contribution in [-0.2, 0) is 4.79 Å². The highest BCUT2D eigenvalue weighted by atomic mass is 32.1. The van der Waals surface area contributed by atoms with Crippen LogP contribution in [-0.4, -0.2) is 58.7 Å². The molecule has 6 nitrogen and oxygen atoms in total. The van der Waals surface area contributed by atoms with Gasteiger partial charge in [0.2, 0.25) is 0 Å².